The molecule has 0 atom stereocenters. The molecule has 0 fully saturated rings. The minimum Gasteiger partial charge on any atom is -0.502 e. The van der Waals surface area contributed by atoms with E-state index in [0.29, 0.717) is 6.07 Å². The predicted octanol–water partition coefficient (Wildman–Crippen LogP) is 4.03. The molecule has 1 heterocycles. The van der Waals surface area contributed by atoms with Crippen molar-refractivity contribution in [1.82, 2.24) is 9.99 Å². The van der Waals surface area contributed by atoms with Gasteiger partial charge in [0.1, 0.15) is 0 Å². The second-order valence-electron chi connectivity index (χ2n) is 6.73. The molecule has 0 spiro atoms. The number of phenolic OH excluding ortho intramolecular Hbond substituents is 1. The van der Waals surface area contributed by atoms with Crippen molar-refractivity contribution in [2.24, 2.45) is 5.10 Å². The summed E-state index contributed by atoms with van der Waals surface area (Å²) in [5.74, 6) is -1.50. The molecule has 164 valence electrons. The molecule has 12 heteroatoms. The maximum absolute atomic E-state index is 12.4. The molecule has 2 aromatic carbocycles. The number of hydrazone groups is 1. The van der Waals surface area contributed by atoms with Gasteiger partial charge in [-0.15, -0.1) is 0 Å². The first-order valence-corrected chi connectivity index (χ1v) is 9.42. The zero-order valence-corrected chi connectivity index (χ0v) is 17.5. The molecule has 0 saturated carbocycles. The summed E-state index contributed by atoms with van der Waals surface area (Å²) in [6.45, 7) is 3.87. The first-order valence-electron chi connectivity index (χ1n) is 9.04. The number of amides is 1. The molecule has 0 unspecified atom stereocenters. The van der Waals surface area contributed by atoms with E-state index in [1.807, 2.05) is 30.5 Å². The Labute approximate surface area is 185 Å². The number of nitro groups is 2. The van der Waals surface area contributed by atoms with Gasteiger partial charge in [0.15, 0.2) is 0 Å². The van der Waals surface area contributed by atoms with Crippen molar-refractivity contribution in [2.45, 2.75) is 13.8 Å². The normalized spacial score (nSPS) is 11.0. The lowest BCUT2D eigenvalue weighted by Gasteiger charge is -2.11. The van der Waals surface area contributed by atoms with Crippen LogP contribution in [0.4, 0.5) is 11.4 Å². The maximum Gasteiger partial charge on any atom is 0.318 e. The van der Waals surface area contributed by atoms with Crippen LogP contribution in [0.3, 0.4) is 0 Å². The molecule has 0 saturated heterocycles. The van der Waals surface area contributed by atoms with Crippen LogP contribution in [0.1, 0.15) is 27.3 Å². The second kappa shape index (κ2) is 8.86. The topological polar surface area (TPSA) is 153 Å². The summed E-state index contributed by atoms with van der Waals surface area (Å²) in [5.41, 5.74) is 3.26. The number of rotatable bonds is 6. The standard InChI is InChI=1S/C20H16ClN5O6/c1-11-3-4-12(2)24(11)14-5-6-16(17(21)8-14)20(28)23-22-10-13-7-15(25(29)30)9-18(19(13)27)26(31)32/h3-10,27H,1-2H3,(H,23,28)/b22-10-. The van der Waals surface area contributed by atoms with Crippen LogP contribution in [0.2, 0.25) is 5.02 Å². The third kappa shape index (κ3) is 4.42. The van der Waals surface area contributed by atoms with E-state index in [1.165, 1.54) is 6.07 Å². The number of aryl methyl sites for hydroxylation is 2. The molecule has 0 radical (unpaired) electrons. The van der Waals surface area contributed by atoms with E-state index in [1.54, 1.807) is 12.1 Å². The Bertz CT molecular complexity index is 1260. The summed E-state index contributed by atoms with van der Waals surface area (Å²) in [6, 6.07) is 10.3. The SMILES string of the molecule is Cc1ccc(C)n1-c1ccc(C(=O)N/N=C\c2cc([N+](=O)[O-])cc([N+](=O)[O-])c2O)c(Cl)c1. The van der Waals surface area contributed by atoms with E-state index in [4.69, 9.17) is 11.6 Å². The third-order valence-electron chi connectivity index (χ3n) is 4.61. The average molecular weight is 458 g/mol. The minimum absolute atomic E-state index is 0.115. The first-order chi connectivity index (χ1) is 15.1. The fourth-order valence-electron chi connectivity index (χ4n) is 3.09. The van der Waals surface area contributed by atoms with E-state index in [9.17, 15) is 30.1 Å². The zero-order chi connectivity index (χ0) is 23.6. The van der Waals surface area contributed by atoms with E-state index in [-0.39, 0.29) is 16.1 Å². The molecule has 3 aromatic rings. The molecule has 3 rings (SSSR count). The number of aromatic nitrogens is 1. The summed E-state index contributed by atoms with van der Waals surface area (Å²) >= 11 is 6.26. The number of non-ortho nitro benzene ring substituents is 1. The van der Waals surface area contributed by atoms with Gasteiger partial charge in [0.05, 0.1) is 38.3 Å². The molecule has 0 aliphatic carbocycles. The van der Waals surface area contributed by atoms with E-state index >= 15 is 0 Å². The van der Waals surface area contributed by atoms with Crippen molar-refractivity contribution in [2.75, 3.05) is 0 Å². The van der Waals surface area contributed by atoms with E-state index in [0.717, 1.165) is 29.4 Å². The number of hydrogen-bond acceptors (Lipinski definition) is 7. The second-order valence-corrected chi connectivity index (χ2v) is 7.14. The number of phenols is 1. The van der Waals surface area contributed by atoms with Crippen LogP contribution in [0.5, 0.6) is 5.75 Å². The van der Waals surface area contributed by atoms with Gasteiger partial charge in [-0.2, -0.15) is 5.10 Å². The molecule has 0 aliphatic heterocycles. The number of hydrogen-bond donors (Lipinski definition) is 2. The van der Waals surface area contributed by atoms with Crippen LogP contribution in [0, 0.1) is 34.1 Å². The summed E-state index contributed by atoms with van der Waals surface area (Å²) in [6.07, 6.45) is 0.863. The van der Waals surface area contributed by atoms with Gasteiger partial charge < -0.3 is 9.67 Å². The van der Waals surface area contributed by atoms with Crippen LogP contribution in [-0.2, 0) is 0 Å². The van der Waals surface area contributed by atoms with Gasteiger partial charge in [0.25, 0.3) is 11.6 Å². The third-order valence-corrected chi connectivity index (χ3v) is 4.92. The molecule has 11 nitrogen and oxygen atoms in total. The van der Waals surface area contributed by atoms with Crippen LogP contribution < -0.4 is 5.43 Å². The van der Waals surface area contributed by atoms with Crippen molar-refractivity contribution in [3.63, 3.8) is 0 Å². The Morgan fingerprint density at radius 3 is 2.31 bits per heavy atom. The quantitative estimate of drug-likeness (QED) is 0.323. The van der Waals surface area contributed by atoms with E-state index in [2.05, 4.69) is 10.5 Å². The number of nitrogens with one attached hydrogen (secondary N) is 1. The lowest BCUT2D eigenvalue weighted by atomic mass is 10.1. The number of carbonyl (C=O) groups excluding carboxylic acids is 1. The number of nitro benzene ring substituents is 2. The van der Waals surface area contributed by atoms with Gasteiger partial charge in [-0.25, -0.2) is 5.43 Å². The Hall–Kier alpha value is -4.25. The largest absolute Gasteiger partial charge is 0.502 e. The van der Waals surface area contributed by atoms with Gasteiger partial charge in [-0.05, 0) is 44.2 Å². The number of carbonyl (C=O) groups is 1. The van der Waals surface area contributed by atoms with Gasteiger partial charge >= 0.3 is 5.69 Å². The van der Waals surface area contributed by atoms with Gasteiger partial charge in [-0.3, -0.25) is 25.0 Å². The van der Waals surface area contributed by atoms with Gasteiger partial charge in [0, 0.05) is 23.1 Å². The van der Waals surface area contributed by atoms with Gasteiger partial charge in [-0.1, -0.05) is 11.6 Å². The molecular weight excluding hydrogens is 442 g/mol. The van der Waals surface area contributed by atoms with Crippen molar-refractivity contribution in [3.8, 4) is 11.4 Å². The number of benzene rings is 2. The average Bonchev–Trinajstić information content (AvgIpc) is 3.06. The molecule has 1 aromatic heterocycles. The molecular formula is C20H16ClN5O6. The smallest absolute Gasteiger partial charge is 0.318 e. The lowest BCUT2D eigenvalue weighted by Crippen LogP contribution is -2.18. The maximum atomic E-state index is 12.4. The summed E-state index contributed by atoms with van der Waals surface area (Å²) in [4.78, 5) is 32.6. The predicted molar refractivity (Wildman–Crippen MR) is 117 cm³/mol. The van der Waals surface area contributed by atoms with Crippen LogP contribution in [0.15, 0.2) is 47.6 Å². The Balaban J connectivity index is 1.83. The minimum atomic E-state index is -0.965. The van der Waals surface area contributed by atoms with Crippen LogP contribution in [-0.4, -0.2) is 31.6 Å². The summed E-state index contributed by atoms with van der Waals surface area (Å²) < 4.78 is 1.96. The number of nitrogens with zero attached hydrogens (tertiary/aromatic N) is 4. The summed E-state index contributed by atoms with van der Waals surface area (Å²) in [7, 11) is 0. The number of halogens is 1. The van der Waals surface area contributed by atoms with Crippen molar-refractivity contribution in [1.29, 1.82) is 0 Å². The monoisotopic (exact) mass is 457 g/mol. The molecule has 2 N–H and O–H groups in total. The highest BCUT2D eigenvalue weighted by Gasteiger charge is 2.23. The van der Waals surface area contributed by atoms with Crippen molar-refractivity contribution in [3.05, 3.63) is 90.2 Å². The molecule has 1 amide bonds. The fraction of sp³-hybridized carbons (Fsp3) is 0.100. The van der Waals surface area contributed by atoms with E-state index < -0.39 is 32.9 Å². The first kappa shape index (κ1) is 22.4. The highest BCUT2D eigenvalue weighted by Crippen LogP contribution is 2.33. The van der Waals surface area contributed by atoms with Crippen molar-refractivity contribution >= 4 is 35.1 Å². The lowest BCUT2D eigenvalue weighted by molar-refractivity contribution is -0.394. The highest BCUT2D eigenvalue weighted by molar-refractivity contribution is 6.34. The zero-order valence-electron chi connectivity index (χ0n) is 16.8. The fourth-order valence-corrected chi connectivity index (χ4v) is 3.35. The van der Waals surface area contributed by atoms with Crippen LogP contribution >= 0.6 is 11.6 Å². The summed E-state index contributed by atoms with van der Waals surface area (Å²) in [5, 5.41) is 35.7. The Morgan fingerprint density at radius 1 is 1.09 bits per heavy atom. The molecule has 0 bridgehead atoms. The Kier molecular flexibility index (Phi) is 6.21. The Morgan fingerprint density at radius 2 is 1.75 bits per heavy atom. The van der Waals surface area contributed by atoms with Gasteiger partial charge in [0.2, 0.25) is 5.75 Å². The van der Waals surface area contributed by atoms with Crippen molar-refractivity contribution < 1.29 is 19.7 Å². The molecule has 32 heavy (non-hydrogen) atoms. The van der Waals surface area contributed by atoms with Crippen LogP contribution in [0.25, 0.3) is 5.69 Å². The highest BCUT2D eigenvalue weighted by atomic mass is 35.5. The number of aromatic hydroxyl groups is 1. The molecule has 0 aliphatic rings.